The zero-order chi connectivity index (χ0) is 24.0. The van der Waals surface area contributed by atoms with E-state index in [9.17, 15) is 15.2 Å². The number of aromatic hydroxyl groups is 1. The molecule has 2 aromatic carbocycles. The highest BCUT2D eigenvalue weighted by Gasteiger charge is 2.16. The second kappa shape index (κ2) is 10.7. The van der Waals surface area contributed by atoms with Crippen molar-refractivity contribution in [1.82, 2.24) is 9.88 Å². The fourth-order valence-corrected chi connectivity index (χ4v) is 3.50. The van der Waals surface area contributed by atoms with Gasteiger partial charge in [0.25, 0.3) is 0 Å². The third-order valence-electron chi connectivity index (χ3n) is 5.14. The van der Waals surface area contributed by atoms with Gasteiger partial charge in [0.2, 0.25) is 5.91 Å². The van der Waals surface area contributed by atoms with E-state index in [4.69, 9.17) is 4.74 Å². The second-order valence-corrected chi connectivity index (χ2v) is 8.04. The molecule has 3 N–H and O–H groups in total. The summed E-state index contributed by atoms with van der Waals surface area (Å²) in [6.07, 6.45) is 2.63. The van der Waals surface area contributed by atoms with E-state index in [1.165, 1.54) is 6.20 Å². The summed E-state index contributed by atoms with van der Waals surface area (Å²) in [7, 11) is 3.94. The number of ether oxygens (including phenoxy) is 1. The fourth-order valence-electron chi connectivity index (χ4n) is 3.50. The van der Waals surface area contributed by atoms with E-state index < -0.39 is 0 Å². The molecule has 0 bridgehead atoms. The highest BCUT2D eigenvalue weighted by Crippen LogP contribution is 2.37. The lowest BCUT2D eigenvalue weighted by Gasteiger charge is -2.17. The summed E-state index contributed by atoms with van der Waals surface area (Å²) in [5.74, 6) is 0.583. The Morgan fingerprint density at radius 2 is 2.03 bits per heavy atom. The van der Waals surface area contributed by atoms with Gasteiger partial charge in [-0.3, -0.25) is 9.78 Å². The number of aromatic nitrogens is 1. The number of nitrogens with one attached hydrogen (secondary N) is 2. The Balaban J connectivity index is 2.04. The molecule has 0 saturated carbocycles. The second-order valence-electron chi connectivity index (χ2n) is 8.04. The van der Waals surface area contributed by atoms with Crippen LogP contribution in [0.1, 0.15) is 30.9 Å². The molecule has 0 radical (unpaired) electrons. The van der Waals surface area contributed by atoms with Crippen LogP contribution in [0.3, 0.4) is 0 Å². The van der Waals surface area contributed by atoms with Crippen molar-refractivity contribution < 1.29 is 14.6 Å². The van der Waals surface area contributed by atoms with Crippen molar-refractivity contribution in [1.29, 1.82) is 5.26 Å². The standard InChI is InChI=1S/C25H29N5O3/c1-5-33-23-13-21-19(12-22(23)28-24(32)7-6-10-30(3)4)25(17(14-26)15-27-21)29-20-9-8-18(31)11-16(20)2/h8-9,11-13,15,31H,5-7,10H2,1-4H3,(H,27,29)(H,28,32). The van der Waals surface area contributed by atoms with Crippen molar-refractivity contribution in [3.05, 3.63) is 47.7 Å². The number of anilines is 3. The number of hydrogen-bond donors (Lipinski definition) is 3. The first-order chi connectivity index (χ1) is 15.8. The van der Waals surface area contributed by atoms with E-state index in [0.29, 0.717) is 46.6 Å². The number of hydrogen-bond acceptors (Lipinski definition) is 7. The molecule has 3 aromatic rings. The topological polar surface area (TPSA) is 111 Å². The average molecular weight is 448 g/mol. The first-order valence-corrected chi connectivity index (χ1v) is 10.8. The van der Waals surface area contributed by atoms with Crippen LogP contribution in [0.2, 0.25) is 0 Å². The molecule has 8 nitrogen and oxygen atoms in total. The quantitative estimate of drug-likeness (QED) is 0.413. The molecule has 0 spiro atoms. The summed E-state index contributed by atoms with van der Waals surface area (Å²) in [5.41, 5.74) is 3.66. The Kier molecular flexibility index (Phi) is 7.70. The highest BCUT2D eigenvalue weighted by molar-refractivity contribution is 6.02. The summed E-state index contributed by atoms with van der Waals surface area (Å²) < 4.78 is 5.76. The normalized spacial score (nSPS) is 10.8. The van der Waals surface area contributed by atoms with Gasteiger partial charge in [0.05, 0.1) is 29.1 Å². The number of carbonyl (C=O) groups excluding carboxylic acids is 1. The SMILES string of the molecule is CCOc1cc2ncc(C#N)c(Nc3ccc(O)cc3C)c2cc1NC(=O)CCCN(C)C. The van der Waals surface area contributed by atoms with Crippen LogP contribution in [-0.2, 0) is 4.79 Å². The highest BCUT2D eigenvalue weighted by atomic mass is 16.5. The number of aryl methyl sites for hydroxylation is 1. The van der Waals surface area contributed by atoms with Gasteiger partial charge >= 0.3 is 0 Å². The van der Waals surface area contributed by atoms with Crippen LogP contribution >= 0.6 is 0 Å². The number of amides is 1. The first-order valence-electron chi connectivity index (χ1n) is 10.8. The summed E-state index contributed by atoms with van der Waals surface area (Å²) in [6.45, 7) is 4.99. The minimum Gasteiger partial charge on any atom is -0.508 e. The summed E-state index contributed by atoms with van der Waals surface area (Å²) >= 11 is 0. The van der Waals surface area contributed by atoms with Crippen molar-refractivity contribution in [3.8, 4) is 17.6 Å². The predicted molar refractivity (Wildman–Crippen MR) is 130 cm³/mol. The number of carbonyl (C=O) groups is 1. The van der Waals surface area contributed by atoms with Crippen LogP contribution in [0.15, 0.2) is 36.5 Å². The Hall–Kier alpha value is -3.83. The number of phenolic OH excluding ortho intramolecular Hbond substituents is 1. The molecule has 3 rings (SSSR count). The number of phenols is 1. The van der Waals surface area contributed by atoms with Gasteiger partial charge in [-0.25, -0.2) is 0 Å². The number of rotatable bonds is 9. The largest absolute Gasteiger partial charge is 0.508 e. The molecule has 0 saturated heterocycles. The van der Waals surface area contributed by atoms with Crippen LogP contribution in [0.25, 0.3) is 10.9 Å². The minimum atomic E-state index is -0.106. The molecule has 0 unspecified atom stereocenters. The lowest BCUT2D eigenvalue weighted by molar-refractivity contribution is -0.116. The molecule has 172 valence electrons. The molecule has 0 aliphatic rings. The monoisotopic (exact) mass is 447 g/mol. The van der Waals surface area contributed by atoms with E-state index in [-0.39, 0.29) is 11.7 Å². The van der Waals surface area contributed by atoms with Crippen molar-refractivity contribution in [2.45, 2.75) is 26.7 Å². The van der Waals surface area contributed by atoms with E-state index in [1.807, 2.05) is 32.8 Å². The molecular weight excluding hydrogens is 418 g/mol. The smallest absolute Gasteiger partial charge is 0.224 e. The molecule has 0 aliphatic carbocycles. The molecule has 8 heteroatoms. The lowest BCUT2D eigenvalue weighted by atomic mass is 10.1. The Bertz CT molecular complexity index is 1200. The Labute approximate surface area is 193 Å². The van der Waals surface area contributed by atoms with Crippen LogP contribution in [0.4, 0.5) is 17.1 Å². The van der Waals surface area contributed by atoms with Gasteiger partial charge in [-0.15, -0.1) is 0 Å². The number of benzene rings is 2. The van der Waals surface area contributed by atoms with E-state index >= 15 is 0 Å². The first kappa shape index (κ1) is 23.8. The van der Waals surface area contributed by atoms with Gasteiger partial charge in [0.1, 0.15) is 17.6 Å². The Morgan fingerprint density at radius 1 is 1.24 bits per heavy atom. The summed E-state index contributed by atoms with van der Waals surface area (Å²) in [4.78, 5) is 19.0. The van der Waals surface area contributed by atoms with Gasteiger partial charge in [0.15, 0.2) is 0 Å². The van der Waals surface area contributed by atoms with Gasteiger partial charge < -0.3 is 25.4 Å². The predicted octanol–water partition coefficient (Wildman–Crippen LogP) is 4.54. The maximum Gasteiger partial charge on any atom is 0.224 e. The minimum absolute atomic E-state index is 0.106. The summed E-state index contributed by atoms with van der Waals surface area (Å²) in [6, 6.07) is 10.7. The van der Waals surface area contributed by atoms with Gasteiger partial charge in [-0.05, 0) is 70.7 Å². The van der Waals surface area contributed by atoms with Crippen LogP contribution in [-0.4, -0.2) is 48.1 Å². The van der Waals surface area contributed by atoms with Crippen LogP contribution in [0.5, 0.6) is 11.5 Å². The maximum atomic E-state index is 12.6. The molecule has 1 heterocycles. The molecule has 1 aromatic heterocycles. The van der Waals surface area contributed by atoms with E-state index in [0.717, 1.165) is 24.2 Å². The zero-order valence-electron chi connectivity index (χ0n) is 19.4. The van der Waals surface area contributed by atoms with E-state index in [1.54, 1.807) is 30.3 Å². The van der Waals surface area contributed by atoms with Crippen LogP contribution in [0, 0.1) is 18.3 Å². The fraction of sp³-hybridized carbons (Fsp3) is 0.320. The lowest BCUT2D eigenvalue weighted by Crippen LogP contribution is -2.17. The number of fused-ring (bicyclic) bond motifs is 1. The third kappa shape index (κ3) is 5.90. The van der Waals surface area contributed by atoms with Crippen molar-refractivity contribution >= 4 is 33.9 Å². The number of nitriles is 1. The zero-order valence-corrected chi connectivity index (χ0v) is 19.4. The van der Waals surface area contributed by atoms with E-state index in [2.05, 4.69) is 21.7 Å². The molecular formula is C25H29N5O3. The molecule has 33 heavy (non-hydrogen) atoms. The van der Waals surface area contributed by atoms with Crippen molar-refractivity contribution in [2.24, 2.45) is 0 Å². The molecule has 0 atom stereocenters. The van der Waals surface area contributed by atoms with Gasteiger partial charge in [-0.2, -0.15) is 5.26 Å². The molecule has 0 fully saturated rings. The van der Waals surface area contributed by atoms with Crippen LogP contribution < -0.4 is 15.4 Å². The number of pyridine rings is 1. The average Bonchev–Trinajstić information content (AvgIpc) is 2.76. The Morgan fingerprint density at radius 3 is 2.70 bits per heavy atom. The summed E-state index contributed by atoms with van der Waals surface area (Å²) in [5, 5.41) is 26.4. The number of nitrogens with zero attached hydrogens (tertiary/aromatic N) is 3. The third-order valence-corrected chi connectivity index (χ3v) is 5.14. The van der Waals surface area contributed by atoms with Gasteiger partial charge in [-0.1, -0.05) is 0 Å². The molecule has 0 aliphatic heterocycles. The molecule has 1 amide bonds. The van der Waals surface area contributed by atoms with Crippen molar-refractivity contribution in [3.63, 3.8) is 0 Å². The van der Waals surface area contributed by atoms with Crippen molar-refractivity contribution in [2.75, 3.05) is 37.9 Å². The van der Waals surface area contributed by atoms with Gasteiger partial charge in [0, 0.05) is 29.8 Å². The maximum absolute atomic E-state index is 12.6.